The number of rotatable bonds is 7. The third-order valence-corrected chi connectivity index (χ3v) is 6.28. The van der Waals surface area contributed by atoms with Crippen molar-refractivity contribution in [3.05, 3.63) is 107 Å². The van der Waals surface area contributed by atoms with E-state index in [-0.39, 0.29) is 5.56 Å². The highest BCUT2D eigenvalue weighted by atomic mass is 19.4. The van der Waals surface area contributed by atoms with E-state index in [2.05, 4.69) is 19.1 Å². The van der Waals surface area contributed by atoms with Gasteiger partial charge >= 0.3 is 6.18 Å². The summed E-state index contributed by atoms with van der Waals surface area (Å²) < 4.78 is 95.4. The molecule has 0 nitrogen and oxygen atoms in total. The van der Waals surface area contributed by atoms with Crippen molar-refractivity contribution in [2.45, 2.75) is 38.8 Å². The molecule has 0 saturated heterocycles. The third-order valence-electron chi connectivity index (χ3n) is 6.28. The molecular formula is C32H23F7. The molecule has 39 heavy (non-hydrogen) atoms. The van der Waals surface area contributed by atoms with Crippen LogP contribution in [0.15, 0.2) is 72.8 Å². The molecule has 0 aliphatic rings. The molecule has 0 aliphatic carbocycles. The molecule has 7 heteroatoms. The molecule has 0 atom stereocenters. The number of aryl methyl sites for hydroxylation is 1. The lowest BCUT2D eigenvalue weighted by atomic mass is 9.96. The minimum absolute atomic E-state index is 0.208. The Morgan fingerprint density at radius 1 is 0.590 bits per heavy atom. The lowest BCUT2D eigenvalue weighted by molar-refractivity contribution is -0.0696. The summed E-state index contributed by atoms with van der Waals surface area (Å²) in [4.78, 5) is 0. The van der Waals surface area contributed by atoms with E-state index in [1.165, 1.54) is 17.9 Å². The van der Waals surface area contributed by atoms with Gasteiger partial charge in [-0.05, 0) is 70.5 Å². The summed E-state index contributed by atoms with van der Waals surface area (Å²) in [5.74, 6) is -2.94. The van der Waals surface area contributed by atoms with Crippen LogP contribution in [0.3, 0.4) is 0 Å². The highest BCUT2D eigenvalue weighted by Crippen LogP contribution is 2.33. The largest absolute Gasteiger partial charge is 0.458 e. The molecule has 0 unspecified atom stereocenters. The topological polar surface area (TPSA) is 0 Å². The monoisotopic (exact) mass is 540 g/mol. The second-order valence-corrected chi connectivity index (χ2v) is 9.11. The van der Waals surface area contributed by atoms with E-state index in [1.54, 1.807) is 12.1 Å². The third kappa shape index (κ3) is 6.88. The van der Waals surface area contributed by atoms with Gasteiger partial charge in [-0.3, -0.25) is 0 Å². The fourth-order valence-electron chi connectivity index (χ4n) is 4.28. The zero-order valence-corrected chi connectivity index (χ0v) is 20.9. The minimum Gasteiger partial charge on any atom is -0.206 e. The van der Waals surface area contributed by atoms with E-state index >= 15 is 0 Å². The number of halogens is 7. The van der Waals surface area contributed by atoms with Crippen molar-refractivity contribution in [2.75, 3.05) is 0 Å². The molecule has 0 amide bonds. The van der Waals surface area contributed by atoms with Crippen LogP contribution in [0.2, 0.25) is 0 Å². The molecule has 0 aromatic heterocycles. The Kier molecular flexibility index (Phi) is 8.44. The number of benzene rings is 4. The van der Waals surface area contributed by atoms with Gasteiger partial charge in [0.25, 0.3) is 0 Å². The zero-order chi connectivity index (χ0) is 28.2. The van der Waals surface area contributed by atoms with Crippen LogP contribution in [0.5, 0.6) is 0 Å². The Balaban J connectivity index is 1.58. The molecule has 0 N–H and O–H groups in total. The molecule has 4 aromatic carbocycles. The van der Waals surface area contributed by atoms with Crippen LogP contribution < -0.4 is 0 Å². The van der Waals surface area contributed by atoms with Crippen molar-refractivity contribution < 1.29 is 30.7 Å². The molecule has 0 radical (unpaired) electrons. The first kappa shape index (κ1) is 28.0. The summed E-state index contributed by atoms with van der Waals surface area (Å²) >= 11 is 0. The SMILES string of the molecule is CCCCCc1ccc(-c2ccc(-c3cc(F)c(-c4cc(F)c(C#CC(F)(F)F)c(F)c4)c(F)c3)cc2)cc1. The Morgan fingerprint density at radius 3 is 1.54 bits per heavy atom. The van der Waals surface area contributed by atoms with E-state index in [0.29, 0.717) is 17.7 Å². The van der Waals surface area contributed by atoms with E-state index in [4.69, 9.17) is 0 Å². The summed E-state index contributed by atoms with van der Waals surface area (Å²) in [7, 11) is 0. The van der Waals surface area contributed by atoms with Crippen molar-refractivity contribution in [3.63, 3.8) is 0 Å². The van der Waals surface area contributed by atoms with Gasteiger partial charge in [0, 0.05) is 5.92 Å². The molecule has 0 aliphatic heterocycles. The average molecular weight is 541 g/mol. The predicted molar refractivity (Wildman–Crippen MR) is 139 cm³/mol. The summed E-state index contributed by atoms with van der Waals surface area (Å²) in [5.41, 5.74) is 1.57. The zero-order valence-electron chi connectivity index (χ0n) is 20.9. The average Bonchev–Trinajstić information content (AvgIpc) is 2.88. The summed E-state index contributed by atoms with van der Waals surface area (Å²) in [5, 5.41) is 0. The number of hydrogen-bond donors (Lipinski definition) is 0. The van der Waals surface area contributed by atoms with Crippen molar-refractivity contribution in [2.24, 2.45) is 0 Å². The Hall–Kier alpha value is -4.05. The van der Waals surface area contributed by atoms with Crippen LogP contribution >= 0.6 is 0 Å². The first-order valence-corrected chi connectivity index (χ1v) is 12.3. The van der Waals surface area contributed by atoms with Gasteiger partial charge in [-0.15, -0.1) is 0 Å². The first-order chi connectivity index (χ1) is 18.6. The van der Waals surface area contributed by atoms with Crippen LogP contribution in [0, 0.1) is 35.1 Å². The Labute approximate surface area is 222 Å². The maximum Gasteiger partial charge on any atom is 0.458 e. The maximum atomic E-state index is 15.0. The van der Waals surface area contributed by atoms with Crippen molar-refractivity contribution in [3.8, 4) is 45.2 Å². The lowest BCUT2D eigenvalue weighted by Crippen LogP contribution is -2.03. The van der Waals surface area contributed by atoms with Crippen LogP contribution in [0.1, 0.15) is 37.3 Å². The number of alkyl halides is 3. The summed E-state index contributed by atoms with van der Waals surface area (Å²) in [6.07, 6.45) is -0.443. The van der Waals surface area contributed by atoms with E-state index < -0.39 is 46.1 Å². The summed E-state index contributed by atoms with van der Waals surface area (Å²) in [6, 6.07) is 18.5. The molecule has 4 rings (SSSR count). The second kappa shape index (κ2) is 11.8. The van der Waals surface area contributed by atoms with E-state index in [9.17, 15) is 30.7 Å². The van der Waals surface area contributed by atoms with E-state index in [1.807, 2.05) is 24.3 Å². The van der Waals surface area contributed by atoms with E-state index in [0.717, 1.165) is 48.4 Å². The standard InChI is InChI=1S/C32H23F7/c1-2-3-4-5-20-6-8-21(9-7-20)22-10-12-23(13-11-22)24-16-29(35)31(30(36)17-24)25-18-27(33)26(28(34)19-25)14-15-32(37,38)39/h6-13,16-19H,2-5H2,1H3. The molecule has 0 saturated carbocycles. The van der Waals surface area contributed by atoms with Crippen molar-refractivity contribution in [1.29, 1.82) is 0 Å². The smallest absolute Gasteiger partial charge is 0.206 e. The summed E-state index contributed by atoms with van der Waals surface area (Å²) in [6.45, 7) is 2.16. The van der Waals surface area contributed by atoms with Gasteiger partial charge in [-0.1, -0.05) is 74.2 Å². The van der Waals surface area contributed by atoms with Crippen LogP contribution in [-0.4, -0.2) is 6.18 Å². The van der Waals surface area contributed by atoms with Gasteiger partial charge in [-0.2, -0.15) is 13.2 Å². The molecule has 200 valence electrons. The molecular weight excluding hydrogens is 517 g/mol. The highest BCUT2D eigenvalue weighted by Gasteiger charge is 2.24. The minimum atomic E-state index is -4.96. The molecule has 4 aromatic rings. The predicted octanol–water partition coefficient (Wildman–Crippen LogP) is 9.89. The van der Waals surface area contributed by atoms with Gasteiger partial charge < -0.3 is 0 Å². The molecule has 0 bridgehead atoms. The van der Waals surface area contributed by atoms with Crippen LogP contribution in [0.4, 0.5) is 30.7 Å². The number of hydrogen-bond acceptors (Lipinski definition) is 0. The quantitative estimate of drug-likeness (QED) is 0.124. The van der Waals surface area contributed by atoms with Gasteiger partial charge in [0.15, 0.2) is 0 Å². The number of unbranched alkanes of at least 4 members (excludes halogenated alkanes) is 2. The van der Waals surface area contributed by atoms with Gasteiger partial charge in [0.1, 0.15) is 23.3 Å². The highest BCUT2D eigenvalue weighted by molar-refractivity contribution is 5.74. The lowest BCUT2D eigenvalue weighted by Gasteiger charge is -2.11. The van der Waals surface area contributed by atoms with Crippen LogP contribution in [0.25, 0.3) is 33.4 Å². The Bertz CT molecular complexity index is 1470. The first-order valence-electron chi connectivity index (χ1n) is 12.3. The van der Waals surface area contributed by atoms with Gasteiger partial charge in [-0.25, -0.2) is 17.6 Å². The molecule has 0 heterocycles. The van der Waals surface area contributed by atoms with Crippen molar-refractivity contribution >= 4 is 0 Å². The van der Waals surface area contributed by atoms with Gasteiger partial charge in [0.05, 0.1) is 11.1 Å². The van der Waals surface area contributed by atoms with Gasteiger partial charge in [0.2, 0.25) is 0 Å². The molecule has 0 fully saturated rings. The fourth-order valence-corrected chi connectivity index (χ4v) is 4.28. The maximum absolute atomic E-state index is 15.0. The van der Waals surface area contributed by atoms with Crippen molar-refractivity contribution in [1.82, 2.24) is 0 Å². The fraction of sp³-hybridized carbons (Fsp3) is 0.188. The second-order valence-electron chi connectivity index (χ2n) is 9.11. The Morgan fingerprint density at radius 2 is 1.05 bits per heavy atom. The normalized spacial score (nSPS) is 11.3. The van der Waals surface area contributed by atoms with Crippen LogP contribution in [-0.2, 0) is 6.42 Å². The molecule has 0 spiro atoms.